The van der Waals surface area contributed by atoms with Crippen molar-refractivity contribution in [2.75, 3.05) is 47.9 Å². The fourth-order valence-electron chi connectivity index (χ4n) is 5.61. The monoisotopic (exact) mass is 628 g/mol. The number of aliphatic carboxylic acids is 1. The van der Waals surface area contributed by atoms with Gasteiger partial charge in [-0.2, -0.15) is 0 Å². The van der Waals surface area contributed by atoms with E-state index in [-0.39, 0.29) is 31.9 Å². The summed E-state index contributed by atoms with van der Waals surface area (Å²) in [6.45, 7) is 1.34. The zero-order valence-electron chi connectivity index (χ0n) is 24.9. The third-order valence-corrected chi connectivity index (χ3v) is 9.19. The molecule has 2 heterocycles. The van der Waals surface area contributed by atoms with E-state index < -0.39 is 35.3 Å². The minimum Gasteiger partial charge on any atom is -0.550 e. The van der Waals surface area contributed by atoms with Crippen LogP contribution in [0.2, 0.25) is 0 Å². The summed E-state index contributed by atoms with van der Waals surface area (Å²) in [5.74, 6) is -3.20. The Morgan fingerprint density at radius 1 is 1.11 bits per heavy atom. The lowest BCUT2D eigenvalue weighted by molar-refractivity contribution is -0.900. The molecule has 1 aromatic heterocycles. The average Bonchev–Trinajstić information content (AvgIpc) is 3.53. The number of likely N-dealkylation sites (N-methyl/N-ethyl adjacent to an activating group) is 1. The maximum atomic E-state index is 13.8. The summed E-state index contributed by atoms with van der Waals surface area (Å²) in [6, 6.07) is 7.62. The van der Waals surface area contributed by atoms with Gasteiger partial charge in [0.1, 0.15) is 22.5 Å². The summed E-state index contributed by atoms with van der Waals surface area (Å²) in [5.41, 5.74) is 0.640. The summed E-state index contributed by atoms with van der Waals surface area (Å²) in [4.78, 5) is 43.7. The second-order valence-electron chi connectivity index (χ2n) is 12.2. The molecule has 234 valence electrons. The minimum atomic E-state index is -1.43. The number of carboxylic acids is 1. The third kappa shape index (κ3) is 6.53. The van der Waals surface area contributed by atoms with E-state index in [4.69, 9.17) is 9.47 Å². The highest BCUT2D eigenvalue weighted by Crippen LogP contribution is 2.41. The van der Waals surface area contributed by atoms with Crippen molar-refractivity contribution in [2.24, 2.45) is 5.41 Å². The predicted octanol–water partition coefficient (Wildman–Crippen LogP) is 1.93. The molecule has 0 saturated carbocycles. The van der Waals surface area contributed by atoms with Crippen LogP contribution >= 0.6 is 11.3 Å². The maximum Gasteiger partial charge on any atom is 0.260 e. The molecule has 0 atom stereocenters. The molecule has 44 heavy (non-hydrogen) atoms. The number of methoxy groups -OCH3 is 1. The van der Waals surface area contributed by atoms with Crippen LogP contribution in [0.1, 0.15) is 22.6 Å². The maximum absolute atomic E-state index is 13.8. The summed E-state index contributed by atoms with van der Waals surface area (Å²) >= 11 is 1.29. The van der Waals surface area contributed by atoms with E-state index in [1.165, 1.54) is 18.4 Å². The van der Waals surface area contributed by atoms with E-state index >= 15 is 0 Å². The van der Waals surface area contributed by atoms with Crippen LogP contribution in [0, 0.1) is 17.0 Å². The minimum absolute atomic E-state index is 0.0223. The van der Waals surface area contributed by atoms with Crippen molar-refractivity contribution in [3.8, 4) is 22.8 Å². The number of hydrogen-bond acceptors (Lipinski definition) is 8. The number of nitrogens with one attached hydrogen (secondary N) is 1. The molecule has 3 aromatic rings. The Labute approximate surface area is 257 Å². The van der Waals surface area contributed by atoms with Crippen molar-refractivity contribution in [1.82, 2.24) is 15.2 Å². The van der Waals surface area contributed by atoms with Crippen LogP contribution in [-0.4, -0.2) is 86.1 Å². The van der Waals surface area contributed by atoms with Crippen LogP contribution in [0.4, 0.5) is 8.78 Å². The Kier molecular flexibility index (Phi) is 8.63. The number of ether oxygens (including phenoxy) is 2. The molecular formula is C31H34F2N4O6S. The molecule has 5 rings (SSSR count). The van der Waals surface area contributed by atoms with Crippen LogP contribution in [0.25, 0.3) is 11.3 Å². The van der Waals surface area contributed by atoms with Gasteiger partial charge in [-0.3, -0.25) is 9.59 Å². The highest BCUT2D eigenvalue weighted by atomic mass is 32.1. The summed E-state index contributed by atoms with van der Waals surface area (Å²) in [5, 5.41) is 16.6. The lowest BCUT2D eigenvalue weighted by atomic mass is 9.80. The van der Waals surface area contributed by atoms with Gasteiger partial charge in [-0.15, -0.1) is 11.3 Å². The number of halogens is 2. The second-order valence-corrected chi connectivity index (χ2v) is 13.2. The lowest BCUT2D eigenvalue weighted by Gasteiger charge is -2.46. The summed E-state index contributed by atoms with van der Waals surface area (Å²) in [6.07, 6.45) is -0.686. The molecule has 2 aromatic carbocycles. The first-order chi connectivity index (χ1) is 20.8. The SMILES string of the molecule is COc1cc(OCC(=O)N2CC([N+](C)(C)C)C2)ccc1-c1csc(CNC(=O)C2(CC(=O)[O-])Cc3cc(F)c(F)cc3C2)n1. The molecule has 1 aliphatic heterocycles. The molecule has 0 bridgehead atoms. The van der Waals surface area contributed by atoms with Gasteiger partial charge in [0.2, 0.25) is 5.91 Å². The number of aromatic nitrogens is 1. The largest absolute Gasteiger partial charge is 0.550 e. The molecule has 10 nitrogen and oxygen atoms in total. The van der Waals surface area contributed by atoms with Crippen molar-refractivity contribution in [2.45, 2.75) is 31.8 Å². The number of fused-ring (bicyclic) bond motifs is 1. The number of thiazole rings is 1. The van der Waals surface area contributed by atoms with E-state index in [0.717, 1.165) is 16.6 Å². The number of nitrogens with zero attached hydrogens (tertiary/aromatic N) is 3. The highest BCUT2D eigenvalue weighted by molar-refractivity contribution is 7.09. The first-order valence-electron chi connectivity index (χ1n) is 14.1. The Morgan fingerprint density at radius 2 is 1.77 bits per heavy atom. The molecular weight excluding hydrogens is 594 g/mol. The van der Waals surface area contributed by atoms with Gasteiger partial charge in [0.25, 0.3) is 5.91 Å². The second kappa shape index (κ2) is 12.1. The summed E-state index contributed by atoms with van der Waals surface area (Å²) < 4.78 is 39.7. The van der Waals surface area contributed by atoms with Gasteiger partial charge in [-0.05, 0) is 48.2 Å². The van der Waals surface area contributed by atoms with Crippen molar-refractivity contribution in [3.05, 3.63) is 63.5 Å². The van der Waals surface area contributed by atoms with Crippen molar-refractivity contribution in [3.63, 3.8) is 0 Å². The normalized spacial score (nSPS) is 15.8. The fraction of sp³-hybridized carbons (Fsp3) is 0.419. The van der Waals surface area contributed by atoms with E-state index in [1.807, 2.05) is 0 Å². The number of carbonyl (C=O) groups is 3. The zero-order chi connectivity index (χ0) is 31.8. The van der Waals surface area contributed by atoms with Crippen LogP contribution in [-0.2, 0) is 33.8 Å². The average molecular weight is 629 g/mol. The molecule has 0 spiro atoms. The molecule has 0 unspecified atom stereocenters. The van der Waals surface area contributed by atoms with E-state index in [0.29, 0.717) is 58.0 Å². The number of benzene rings is 2. The number of hydrogen-bond donors (Lipinski definition) is 1. The number of carbonyl (C=O) groups excluding carboxylic acids is 3. The van der Waals surface area contributed by atoms with Gasteiger partial charge in [-0.25, -0.2) is 13.8 Å². The van der Waals surface area contributed by atoms with Gasteiger partial charge in [0.05, 0.1) is 59.0 Å². The van der Waals surface area contributed by atoms with Gasteiger partial charge < -0.3 is 34.1 Å². The molecule has 1 aliphatic carbocycles. The van der Waals surface area contributed by atoms with Crippen LogP contribution in [0.15, 0.2) is 35.7 Å². The quantitative estimate of drug-likeness (QED) is 0.322. The molecule has 2 amide bonds. The number of quaternary nitrogens is 1. The third-order valence-electron chi connectivity index (χ3n) is 8.34. The molecule has 1 N–H and O–H groups in total. The van der Waals surface area contributed by atoms with Gasteiger partial charge >= 0.3 is 0 Å². The standard InChI is InChI=1S/C31H34F2N4O6S/c1-37(2,3)20-14-36(15-20)28(38)16-43-21-5-6-22(26(9-21)42-4)25-17-44-27(35-25)13-34-30(41)31(12-29(39)40)10-18-7-23(32)24(33)8-19(18)11-31/h5-9,17,20H,10-16H2,1-4H3,(H-,34,39,40,41). The van der Waals surface area contributed by atoms with E-state index in [9.17, 15) is 28.3 Å². The highest BCUT2D eigenvalue weighted by Gasteiger charge is 2.44. The van der Waals surface area contributed by atoms with Crippen molar-refractivity contribution < 1.29 is 42.2 Å². The van der Waals surface area contributed by atoms with Crippen molar-refractivity contribution in [1.29, 1.82) is 0 Å². The topological polar surface area (TPSA) is 121 Å². The van der Waals surface area contributed by atoms with E-state index in [2.05, 4.69) is 31.4 Å². The molecule has 2 aliphatic rings. The Bertz CT molecular complexity index is 1570. The molecule has 1 fully saturated rings. The Balaban J connectivity index is 1.20. The number of carboxylic acid groups (broad SMARTS) is 1. The number of amides is 2. The van der Waals surface area contributed by atoms with Gasteiger partial charge in [0.15, 0.2) is 18.2 Å². The number of likely N-dealkylation sites (tertiary alicyclic amines) is 1. The number of rotatable bonds is 11. The summed E-state index contributed by atoms with van der Waals surface area (Å²) in [7, 11) is 7.84. The Morgan fingerprint density at radius 3 is 2.36 bits per heavy atom. The fourth-order valence-corrected chi connectivity index (χ4v) is 6.34. The van der Waals surface area contributed by atoms with Gasteiger partial charge in [0, 0.05) is 29.4 Å². The first-order valence-corrected chi connectivity index (χ1v) is 15.0. The first kappa shape index (κ1) is 31.3. The van der Waals surface area contributed by atoms with E-state index in [1.54, 1.807) is 28.5 Å². The molecule has 1 saturated heterocycles. The Hall–Kier alpha value is -4.10. The predicted molar refractivity (Wildman–Crippen MR) is 156 cm³/mol. The van der Waals surface area contributed by atoms with Crippen LogP contribution in [0.5, 0.6) is 11.5 Å². The van der Waals surface area contributed by atoms with Crippen molar-refractivity contribution >= 4 is 29.1 Å². The van der Waals surface area contributed by atoms with Crippen LogP contribution < -0.4 is 19.9 Å². The molecule has 13 heteroatoms. The lowest BCUT2D eigenvalue weighted by Crippen LogP contribution is -2.66. The smallest absolute Gasteiger partial charge is 0.260 e. The zero-order valence-corrected chi connectivity index (χ0v) is 25.8. The van der Waals surface area contributed by atoms with Crippen LogP contribution in [0.3, 0.4) is 0 Å². The van der Waals surface area contributed by atoms with Gasteiger partial charge in [-0.1, -0.05) is 0 Å². The molecule has 0 radical (unpaired) electrons.